The van der Waals surface area contributed by atoms with Gasteiger partial charge in [-0.1, -0.05) is 11.6 Å². The number of hydrogen-bond donors (Lipinski definition) is 2. The van der Waals surface area contributed by atoms with E-state index in [1.807, 2.05) is 0 Å². The summed E-state index contributed by atoms with van der Waals surface area (Å²) in [5.74, 6) is -0.0155. The number of halogens is 1. The van der Waals surface area contributed by atoms with Crippen molar-refractivity contribution in [1.29, 1.82) is 0 Å². The van der Waals surface area contributed by atoms with Gasteiger partial charge in [0.2, 0.25) is 0 Å². The minimum absolute atomic E-state index is 0.172. The van der Waals surface area contributed by atoms with E-state index in [9.17, 15) is 4.79 Å². The Morgan fingerprint density at radius 2 is 2.37 bits per heavy atom. The van der Waals surface area contributed by atoms with Gasteiger partial charge in [0.15, 0.2) is 0 Å². The lowest BCUT2D eigenvalue weighted by Gasteiger charge is -2.22. The molecule has 0 spiro atoms. The summed E-state index contributed by atoms with van der Waals surface area (Å²) in [5, 5.41) is 3.10. The molecule has 1 aromatic heterocycles. The molecule has 104 valence electrons. The summed E-state index contributed by atoms with van der Waals surface area (Å²) < 4.78 is 5.60. The average Bonchev–Trinajstić information content (AvgIpc) is 2.42. The van der Waals surface area contributed by atoms with Crippen molar-refractivity contribution in [3.05, 3.63) is 22.8 Å². The number of nitrogens with zero attached hydrogens (tertiary/aromatic N) is 1. The normalized spacial score (nSPS) is 19.1. The first-order valence-corrected chi connectivity index (χ1v) is 6.86. The Morgan fingerprint density at radius 3 is 3.11 bits per heavy atom. The molecular weight excluding hydrogens is 266 g/mol. The number of hydrogen-bond acceptors (Lipinski definition) is 4. The maximum Gasteiger partial charge on any atom is 0.271 e. The third kappa shape index (κ3) is 4.08. The second-order valence-corrected chi connectivity index (χ2v) is 5.01. The molecule has 1 aliphatic heterocycles. The number of rotatable bonds is 4. The minimum atomic E-state index is -0.298. The predicted molar refractivity (Wildman–Crippen MR) is 74.2 cm³/mol. The Bertz CT molecular complexity index is 448. The highest BCUT2D eigenvalue weighted by Gasteiger charge is 2.16. The maximum atomic E-state index is 11.9. The first-order chi connectivity index (χ1) is 9.16. The lowest BCUT2D eigenvalue weighted by molar-refractivity contribution is 0.0117. The fourth-order valence-corrected chi connectivity index (χ4v) is 2.27. The van der Waals surface area contributed by atoms with Gasteiger partial charge in [-0.05, 0) is 37.8 Å². The molecule has 1 aliphatic rings. The van der Waals surface area contributed by atoms with Gasteiger partial charge in [-0.25, -0.2) is 4.98 Å². The molecule has 0 radical (unpaired) electrons. The highest BCUT2D eigenvalue weighted by molar-refractivity contribution is 6.33. The highest BCUT2D eigenvalue weighted by Crippen LogP contribution is 2.16. The fourth-order valence-electron chi connectivity index (χ4n) is 2.08. The Kier molecular flexibility index (Phi) is 4.99. The first-order valence-electron chi connectivity index (χ1n) is 6.48. The third-order valence-electron chi connectivity index (χ3n) is 3.11. The van der Waals surface area contributed by atoms with Gasteiger partial charge in [-0.15, -0.1) is 0 Å². The van der Waals surface area contributed by atoms with Crippen LogP contribution in [0.1, 0.15) is 36.2 Å². The number of nitrogens with one attached hydrogen (secondary N) is 1. The van der Waals surface area contributed by atoms with Crippen LogP contribution in [0.4, 0.5) is 5.82 Å². The lowest BCUT2D eigenvalue weighted by atomic mass is 10.1. The number of anilines is 1. The third-order valence-corrected chi connectivity index (χ3v) is 3.41. The number of nitrogen functional groups attached to an aromatic ring is 1. The molecule has 0 aromatic carbocycles. The number of ether oxygens (including phenoxy) is 1. The van der Waals surface area contributed by atoms with Crippen LogP contribution in [0.2, 0.25) is 5.02 Å². The average molecular weight is 284 g/mol. The van der Waals surface area contributed by atoms with Gasteiger partial charge in [0.25, 0.3) is 5.91 Å². The summed E-state index contributed by atoms with van der Waals surface area (Å²) in [4.78, 5) is 15.8. The van der Waals surface area contributed by atoms with E-state index in [0.717, 1.165) is 25.9 Å². The van der Waals surface area contributed by atoms with E-state index in [1.54, 1.807) is 12.1 Å². The van der Waals surface area contributed by atoms with Crippen molar-refractivity contribution in [2.75, 3.05) is 18.9 Å². The van der Waals surface area contributed by atoms with Crippen molar-refractivity contribution < 1.29 is 9.53 Å². The number of carbonyl (C=O) groups is 1. The van der Waals surface area contributed by atoms with E-state index in [0.29, 0.717) is 11.6 Å². The van der Waals surface area contributed by atoms with E-state index < -0.39 is 0 Å². The summed E-state index contributed by atoms with van der Waals surface area (Å²) in [5.41, 5.74) is 5.71. The van der Waals surface area contributed by atoms with Gasteiger partial charge >= 0.3 is 0 Å². The highest BCUT2D eigenvalue weighted by atomic mass is 35.5. The Hall–Kier alpha value is -1.33. The van der Waals surface area contributed by atoms with Crippen LogP contribution in [0.5, 0.6) is 0 Å². The molecule has 3 N–H and O–H groups in total. The van der Waals surface area contributed by atoms with E-state index in [2.05, 4.69) is 10.3 Å². The van der Waals surface area contributed by atoms with E-state index in [4.69, 9.17) is 22.1 Å². The molecule has 1 saturated heterocycles. The van der Waals surface area contributed by atoms with Crippen LogP contribution >= 0.6 is 11.6 Å². The van der Waals surface area contributed by atoms with Crippen LogP contribution in [0.3, 0.4) is 0 Å². The summed E-state index contributed by atoms with van der Waals surface area (Å²) in [7, 11) is 0. The van der Waals surface area contributed by atoms with Crippen molar-refractivity contribution in [3.8, 4) is 0 Å². The molecule has 1 amide bonds. The zero-order valence-electron chi connectivity index (χ0n) is 10.7. The largest absolute Gasteiger partial charge is 0.384 e. The molecule has 0 aliphatic carbocycles. The molecule has 0 bridgehead atoms. The summed E-state index contributed by atoms with van der Waals surface area (Å²) >= 11 is 5.92. The minimum Gasteiger partial charge on any atom is -0.384 e. The molecule has 0 saturated carbocycles. The van der Waals surface area contributed by atoms with Crippen LogP contribution in [-0.4, -0.2) is 30.1 Å². The van der Waals surface area contributed by atoms with Crippen molar-refractivity contribution in [1.82, 2.24) is 10.3 Å². The predicted octanol–water partition coefficient (Wildman–Crippen LogP) is 2.01. The molecule has 1 atom stereocenters. The number of amides is 1. The van der Waals surface area contributed by atoms with E-state index >= 15 is 0 Å². The molecule has 1 aromatic rings. The molecule has 5 nitrogen and oxygen atoms in total. The zero-order valence-corrected chi connectivity index (χ0v) is 11.4. The first kappa shape index (κ1) is 14.1. The second-order valence-electron chi connectivity index (χ2n) is 4.60. The van der Waals surface area contributed by atoms with Crippen LogP contribution in [-0.2, 0) is 4.74 Å². The molecule has 19 heavy (non-hydrogen) atoms. The number of carbonyl (C=O) groups excluding carboxylic acids is 1. The quantitative estimate of drug-likeness (QED) is 0.886. The number of pyridine rings is 1. The second kappa shape index (κ2) is 6.73. The summed E-state index contributed by atoms with van der Waals surface area (Å²) in [6.07, 6.45) is 4.45. The van der Waals surface area contributed by atoms with E-state index in [1.165, 1.54) is 6.42 Å². The van der Waals surface area contributed by atoms with Crippen molar-refractivity contribution >= 4 is 23.3 Å². The van der Waals surface area contributed by atoms with Gasteiger partial charge < -0.3 is 15.8 Å². The van der Waals surface area contributed by atoms with Crippen LogP contribution in [0, 0.1) is 0 Å². The van der Waals surface area contributed by atoms with Crippen LogP contribution in [0.25, 0.3) is 0 Å². The SMILES string of the molecule is Nc1ccc(Cl)c(C(=O)NCCC2CCCCO2)n1. The molecule has 1 unspecified atom stereocenters. The smallest absolute Gasteiger partial charge is 0.271 e. The monoisotopic (exact) mass is 283 g/mol. The van der Waals surface area contributed by atoms with Crippen molar-refractivity contribution in [2.45, 2.75) is 31.8 Å². The lowest BCUT2D eigenvalue weighted by Crippen LogP contribution is -2.30. The Labute approximate surface area is 117 Å². The van der Waals surface area contributed by atoms with Crippen molar-refractivity contribution in [2.24, 2.45) is 0 Å². The molecular formula is C13H18ClN3O2. The summed E-state index contributed by atoms with van der Waals surface area (Å²) in [6.45, 7) is 1.37. The van der Waals surface area contributed by atoms with Crippen LogP contribution in [0.15, 0.2) is 12.1 Å². The molecule has 2 heterocycles. The van der Waals surface area contributed by atoms with Crippen molar-refractivity contribution in [3.63, 3.8) is 0 Å². The Balaban J connectivity index is 1.82. The van der Waals surface area contributed by atoms with E-state index in [-0.39, 0.29) is 23.5 Å². The van der Waals surface area contributed by atoms with Gasteiger partial charge in [0, 0.05) is 13.2 Å². The topological polar surface area (TPSA) is 77.2 Å². The Morgan fingerprint density at radius 1 is 1.53 bits per heavy atom. The fraction of sp³-hybridized carbons (Fsp3) is 0.538. The van der Waals surface area contributed by atoms with Crippen LogP contribution < -0.4 is 11.1 Å². The number of nitrogens with two attached hydrogens (primary N) is 1. The van der Waals surface area contributed by atoms with Gasteiger partial charge in [-0.2, -0.15) is 0 Å². The van der Waals surface area contributed by atoms with Gasteiger partial charge in [0.1, 0.15) is 11.5 Å². The number of aromatic nitrogens is 1. The van der Waals surface area contributed by atoms with Gasteiger partial charge in [0.05, 0.1) is 11.1 Å². The molecule has 6 heteroatoms. The molecule has 2 rings (SSSR count). The summed E-state index contributed by atoms with van der Waals surface area (Å²) in [6, 6.07) is 3.14. The zero-order chi connectivity index (χ0) is 13.7. The maximum absolute atomic E-state index is 11.9. The molecule has 1 fully saturated rings. The standard InChI is InChI=1S/C13H18ClN3O2/c14-10-4-5-11(15)17-12(10)13(18)16-7-6-9-3-1-2-8-19-9/h4-5,9H,1-3,6-8H2,(H2,15,17)(H,16,18). The van der Waals surface area contributed by atoms with Gasteiger partial charge in [-0.3, -0.25) is 4.79 Å².